The van der Waals surface area contributed by atoms with E-state index in [-0.39, 0.29) is 58.3 Å². The molecular formula is C31H53O11PSi. The second kappa shape index (κ2) is 13.4. The number of carbonyl (C=O) groups is 3. The molecule has 0 aromatic rings. The number of ether oxygens (including phenoxy) is 2. The van der Waals surface area contributed by atoms with Gasteiger partial charge < -0.3 is 34.6 Å². The van der Waals surface area contributed by atoms with Crippen molar-refractivity contribution in [3.8, 4) is 0 Å². The maximum absolute atomic E-state index is 12.5. The van der Waals surface area contributed by atoms with Crippen LogP contribution in [0.5, 0.6) is 0 Å². The summed E-state index contributed by atoms with van der Waals surface area (Å²) in [4.78, 5) is 54.5. The van der Waals surface area contributed by atoms with E-state index >= 15 is 0 Å². The van der Waals surface area contributed by atoms with Crippen LogP contribution in [0.2, 0.25) is 5.04 Å². The van der Waals surface area contributed by atoms with Gasteiger partial charge in [-0.15, -0.1) is 0 Å². The highest BCUT2D eigenvalue weighted by molar-refractivity contribution is 7.52. The topological polar surface area (TPSA) is 188 Å². The predicted molar refractivity (Wildman–Crippen MR) is 164 cm³/mol. The third-order valence-corrected chi connectivity index (χ3v) is 15.7. The van der Waals surface area contributed by atoms with Gasteiger partial charge >= 0.3 is 25.5 Å². The van der Waals surface area contributed by atoms with Crippen LogP contribution in [-0.2, 0) is 28.4 Å². The lowest BCUT2D eigenvalue weighted by Crippen LogP contribution is -2.58. The Morgan fingerprint density at radius 3 is 2.27 bits per heavy atom. The molecule has 0 heterocycles. The first-order chi connectivity index (χ1) is 20.4. The molecule has 13 heteroatoms. The van der Waals surface area contributed by atoms with Gasteiger partial charge in [-0.05, 0) is 111 Å². The lowest BCUT2D eigenvalue weighted by molar-refractivity contribution is -0.175. The third-order valence-electron chi connectivity index (χ3n) is 12.7. The minimum absolute atomic E-state index is 0.0697. The van der Waals surface area contributed by atoms with Gasteiger partial charge in [0.2, 0.25) is 6.79 Å². The number of carboxylic acid groups (broad SMARTS) is 1. The maximum Gasteiger partial charge on any atom is 0.326 e. The smallest absolute Gasteiger partial charge is 0.326 e. The second-order valence-corrected chi connectivity index (χ2v) is 18.8. The van der Waals surface area contributed by atoms with Crippen molar-refractivity contribution in [2.75, 3.05) is 13.0 Å². The largest absolute Gasteiger partial charge is 0.481 e. The highest BCUT2D eigenvalue weighted by Gasteiger charge is 2.63. The average molecular weight is 661 g/mol. The van der Waals surface area contributed by atoms with Crippen LogP contribution in [-0.4, -0.2) is 78.4 Å². The Morgan fingerprint density at radius 1 is 0.977 bits per heavy atom. The minimum Gasteiger partial charge on any atom is -0.481 e. The van der Waals surface area contributed by atoms with Gasteiger partial charge in [-0.2, -0.15) is 0 Å². The summed E-state index contributed by atoms with van der Waals surface area (Å²) in [5.41, 5.74) is -0.0214. The maximum atomic E-state index is 12.5. The fourth-order valence-electron chi connectivity index (χ4n) is 10.1. The monoisotopic (exact) mass is 660 g/mol. The van der Waals surface area contributed by atoms with E-state index in [0.29, 0.717) is 30.1 Å². The van der Waals surface area contributed by atoms with Gasteiger partial charge in [0.25, 0.3) is 0 Å². The first-order valence-electron chi connectivity index (χ1n) is 16.4. The molecule has 4 rings (SSSR count). The Kier molecular flexibility index (Phi) is 10.9. The van der Waals surface area contributed by atoms with E-state index < -0.39 is 49.6 Å². The summed E-state index contributed by atoms with van der Waals surface area (Å²) in [6.07, 6.45) is 6.68. The molecule has 252 valence electrons. The van der Waals surface area contributed by atoms with Crippen LogP contribution in [0.3, 0.4) is 0 Å². The van der Waals surface area contributed by atoms with Crippen molar-refractivity contribution >= 4 is 35.7 Å². The van der Waals surface area contributed by atoms with Crippen LogP contribution < -0.4 is 0 Å². The van der Waals surface area contributed by atoms with Gasteiger partial charge in [-0.1, -0.05) is 20.8 Å². The number of aliphatic hydroxyl groups excluding tert-OH is 2. The summed E-state index contributed by atoms with van der Waals surface area (Å²) in [5.74, 6) is -0.150. The zero-order chi connectivity index (χ0) is 32.7. The highest BCUT2D eigenvalue weighted by atomic mass is 31.2. The lowest BCUT2D eigenvalue weighted by atomic mass is 9.43. The van der Waals surface area contributed by atoms with Crippen molar-refractivity contribution in [3.05, 3.63) is 0 Å². The Bertz CT molecular complexity index is 1130. The van der Waals surface area contributed by atoms with Gasteiger partial charge in [-0.25, -0.2) is 0 Å². The predicted octanol–water partition coefficient (Wildman–Crippen LogP) is 3.00. The molecular weight excluding hydrogens is 607 g/mol. The molecule has 5 N–H and O–H groups in total. The number of esters is 2. The molecule has 0 bridgehead atoms. The van der Waals surface area contributed by atoms with Crippen LogP contribution in [0.1, 0.15) is 97.8 Å². The Labute approximate surface area is 263 Å². The van der Waals surface area contributed by atoms with E-state index in [1.165, 1.54) is 0 Å². The molecule has 0 saturated heterocycles. The lowest BCUT2D eigenvalue weighted by Gasteiger charge is -2.62. The summed E-state index contributed by atoms with van der Waals surface area (Å²) in [6.45, 7) is 6.22. The van der Waals surface area contributed by atoms with Crippen LogP contribution in [0.25, 0.3) is 0 Å². The Balaban J connectivity index is 1.24. The number of aliphatic hydroxyl groups is 2. The van der Waals surface area contributed by atoms with Crippen LogP contribution in [0.15, 0.2) is 0 Å². The van der Waals surface area contributed by atoms with Crippen LogP contribution >= 0.6 is 7.60 Å². The zero-order valence-electron chi connectivity index (χ0n) is 26.7. The van der Waals surface area contributed by atoms with Gasteiger partial charge in [0.1, 0.15) is 0 Å². The number of carbonyl (C=O) groups excluding carboxylic acids is 2. The van der Waals surface area contributed by atoms with E-state index in [4.69, 9.17) is 9.47 Å². The normalized spacial score (nSPS) is 38.8. The van der Waals surface area contributed by atoms with Crippen molar-refractivity contribution in [1.82, 2.24) is 0 Å². The van der Waals surface area contributed by atoms with Crippen molar-refractivity contribution in [2.24, 2.45) is 46.3 Å². The Morgan fingerprint density at radius 2 is 1.64 bits per heavy atom. The van der Waals surface area contributed by atoms with Crippen molar-refractivity contribution in [1.29, 1.82) is 0 Å². The number of fused-ring (bicyclic) bond motifs is 5. The molecule has 0 aromatic carbocycles. The first kappa shape index (κ1) is 35.5. The summed E-state index contributed by atoms with van der Waals surface area (Å²) in [6, 6.07) is 0. The minimum atomic E-state index is -4.58. The highest BCUT2D eigenvalue weighted by Crippen LogP contribution is 2.68. The fourth-order valence-corrected chi connectivity index (χ4v) is 12.8. The second-order valence-electron chi connectivity index (χ2n) is 15.2. The van der Waals surface area contributed by atoms with Crippen molar-refractivity contribution < 1.29 is 53.5 Å². The van der Waals surface area contributed by atoms with Crippen molar-refractivity contribution in [3.63, 3.8) is 0 Å². The quantitative estimate of drug-likeness (QED) is 0.0896. The SMILES string of the molecule is C[C@H](CCC(=O)OCOC(=O)CC[C@@]([SiH3])(CP(=O)(O)O)C(=O)O)C1CCC2C3CC[C@@H]4C[C@H](O)CC[C@]4(C)C3C[C@H](O)[C@@]21C. The molecule has 4 saturated carbocycles. The van der Waals surface area contributed by atoms with E-state index in [9.17, 15) is 44.1 Å². The van der Waals surface area contributed by atoms with Gasteiger partial charge in [0.15, 0.2) is 0 Å². The summed E-state index contributed by atoms with van der Waals surface area (Å²) >= 11 is 0. The molecule has 4 aliphatic carbocycles. The molecule has 11 atom stereocenters. The van der Waals surface area contributed by atoms with Crippen LogP contribution in [0, 0.1) is 46.3 Å². The van der Waals surface area contributed by atoms with Gasteiger partial charge in [0, 0.05) is 23.1 Å². The molecule has 4 aliphatic rings. The molecule has 4 fully saturated rings. The third kappa shape index (κ3) is 7.31. The summed E-state index contributed by atoms with van der Waals surface area (Å²) in [7, 11) is -4.65. The number of hydrogen-bond acceptors (Lipinski definition) is 8. The first-order valence-corrected chi connectivity index (χ1v) is 19.2. The van der Waals surface area contributed by atoms with Crippen molar-refractivity contribution in [2.45, 2.75) is 115 Å². The van der Waals surface area contributed by atoms with E-state index in [1.807, 2.05) is 0 Å². The van der Waals surface area contributed by atoms with E-state index in [1.54, 1.807) is 0 Å². The number of carboxylic acids is 1. The molecule has 4 unspecified atom stereocenters. The Hall–Kier alpha value is -1.30. The summed E-state index contributed by atoms with van der Waals surface area (Å²) in [5, 5.41) is 29.8. The standard InChI is InChI=1S/C31H53O11PSi/c1-18(4-9-26(34)41-17-42-27(35)11-13-31(44,28(36)37)16-43(38,39)40)22-7-8-23-21-6-5-19-14-20(32)10-12-29(19,2)24(21)15-25(33)30(22,23)3/h18-25,32-33H,4-17H2,1-3,44H3,(H,36,37)(H2,38,39,40)/t18-,19-,20-,21?,22?,23?,24?,25+,29+,30-,31-/m1/s1. The average Bonchev–Trinajstić information content (AvgIpc) is 3.29. The van der Waals surface area contributed by atoms with Gasteiger partial charge in [-0.3, -0.25) is 18.9 Å². The number of aliphatic carboxylic acids is 1. The fraction of sp³-hybridized carbons (Fsp3) is 0.903. The molecule has 0 aromatic heterocycles. The van der Waals surface area contributed by atoms with Gasteiger partial charge in [0.05, 0.1) is 23.4 Å². The van der Waals surface area contributed by atoms with E-state index in [0.717, 1.165) is 51.4 Å². The number of hydrogen-bond donors (Lipinski definition) is 5. The molecule has 0 amide bonds. The molecule has 11 nitrogen and oxygen atoms in total. The molecule has 0 aliphatic heterocycles. The number of rotatable bonds is 12. The molecule has 0 radical (unpaired) electrons. The molecule has 0 spiro atoms. The van der Waals surface area contributed by atoms with E-state index in [2.05, 4.69) is 20.8 Å². The molecule has 44 heavy (non-hydrogen) atoms. The van der Waals surface area contributed by atoms with Crippen LogP contribution in [0.4, 0.5) is 0 Å². The zero-order valence-corrected chi connectivity index (χ0v) is 29.5. The summed E-state index contributed by atoms with van der Waals surface area (Å²) < 4.78 is 21.3.